The van der Waals surface area contributed by atoms with E-state index in [1.54, 1.807) is 29.9 Å². The number of sulfonamides is 1. The van der Waals surface area contributed by atoms with Gasteiger partial charge in [0, 0.05) is 6.20 Å². The van der Waals surface area contributed by atoms with Crippen LogP contribution < -0.4 is 4.72 Å². The van der Waals surface area contributed by atoms with Crippen molar-refractivity contribution < 1.29 is 12.8 Å². The monoisotopic (exact) mass is 331 g/mol. The van der Waals surface area contributed by atoms with Gasteiger partial charge in [-0.25, -0.2) is 13.1 Å². The molecule has 3 aromatic rings. The SMILES string of the molecule is Cc1nn(Cc2ccccc2)cc1S(=O)(=O)NCc1ccco1. The second kappa shape index (κ2) is 6.39. The van der Waals surface area contributed by atoms with Gasteiger partial charge in [0.25, 0.3) is 0 Å². The minimum atomic E-state index is -3.63. The molecule has 3 rings (SSSR count). The van der Waals surface area contributed by atoms with Crippen LogP contribution in [0.2, 0.25) is 0 Å². The van der Waals surface area contributed by atoms with Gasteiger partial charge >= 0.3 is 0 Å². The summed E-state index contributed by atoms with van der Waals surface area (Å²) >= 11 is 0. The van der Waals surface area contributed by atoms with Gasteiger partial charge in [-0.3, -0.25) is 4.68 Å². The van der Waals surface area contributed by atoms with E-state index in [0.717, 1.165) is 5.56 Å². The first-order valence-electron chi connectivity index (χ1n) is 7.14. The lowest BCUT2D eigenvalue weighted by Gasteiger charge is -2.03. The fourth-order valence-corrected chi connectivity index (χ4v) is 3.45. The zero-order valence-corrected chi connectivity index (χ0v) is 13.5. The zero-order chi connectivity index (χ0) is 16.3. The van der Waals surface area contributed by atoms with Crippen LogP contribution in [0.4, 0.5) is 0 Å². The van der Waals surface area contributed by atoms with Gasteiger partial charge in [-0.05, 0) is 24.6 Å². The van der Waals surface area contributed by atoms with Crippen LogP contribution in [0.1, 0.15) is 17.0 Å². The molecule has 0 fully saturated rings. The Balaban J connectivity index is 1.77. The van der Waals surface area contributed by atoms with Crippen molar-refractivity contribution in [3.8, 4) is 0 Å². The molecule has 7 heteroatoms. The number of nitrogens with one attached hydrogen (secondary N) is 1. The standard InChI is InChI=1S/C16H17N3O3S/c1-13-16(23(20,21)17-10-15-8-5-9-22-15)12-19(18-13)11-14-6-3-2-4-7-14/h2-9,12,17H,10-11H2,1H3. The van der Waals surface area contributed by atoms with Crippen molar-refractivity contribution in [2.75, 3.05) is 0 Å². The Hall–Kier alpha value is -2.38. The lowest BCUT2D eigenvalue weighted by molar-refractivity contribution is 0.498. The van der Waals surface area contributed by atoms with Crippen molar-refractivity contribution in [3.63, 3.8) is 0 Å². The molecule has 0 atom stereocenters. The van der Waals surface area contributed by atoms with E-state index in [9.17, 15) is 8.42 Å². The van der Waals surface area contributed by atoms with E-state index >= 15 is 0 Å². The van der Waals surface area contributed by atoms with Gasteiger partial charge < -0.3 is 4.42 Å². The van der Waals surface area contributed by atoms with E-state index < -0.39 is 10.0 Å². The molecule has 120 valence electrons. The molecule has 0 saturated carbocycles. The summed E-state index contributed by atoms with van der Waals surface area (Å²) in [6.45, 7) is 2.32. The van der Waals surface area contributed by atoms with E-state index in [2.05, 4.69) is 9.82 Å². The van der Waals surface area contributed by atoms with Gasteiger partial charge in [0.15, 0.2) is 0 Å². The minimum Gasteiger partial charge on any atom is -0.468 e. The Labute approximate surface area is 134 Å². The van der Waals surface area contributed by atoms with Crippen molar-refractivity contribution in [2.45, 2.75) is 24.9 Å². The predicted molar refractivity (Wildman–Crippen MR) is 85.2 cm³/mol. The summed E-state index contributed by atoms with van der Waals surface area (Å²) in [5.74, 6) is 0.558. The third-order valence-electron chi connectivity index (χ3n) is 3.39. The Morgan fingerprint density at radius 2 is 1.96 bits per heavy atom. The zero-order valence-electron chi connectivity index (χ0n) is 12.6. The average Bonchev–Trinajstić information content (AvgIpc) is 3.16. The molecular weight excluding hydrogens is 314 g/mol. The predicted octanol–water partition coefficient (Wildman–Crippen LogP) is 2.31. The molecule has 1 N–H and O–H groups in total. The summed E-state index contributed by atoms with van der Waals surface area (Å²) in [5, 5.41) is 4.29. The Kier molecular flexibility index (Phi) is 4.31. The number of nitrogens with zero attached hydrogens (tertiary/aromatic N) is 2. The largest absolute Gasteiger partial charge is 0.468 e. The maximum atomic E-state index is 12.4. The number of benzene rings is 1. The summed E-state index contributed by atoms with van der Waals surface area (Å²) < 4.78 is 34.1. The van der Waals surface area contributed by atoms with Gasteiger partial charge in [-0.1, -0.05) is 30.3 Å². The van der Waals surface area contributed by atoms with E-state index in [1.165, 1.54) is 6.26 Å². The van der Waals surface area contributed by atoms with Crippen LogP contribution in [0.3, 0.4) is 0 Å². The molecule has 6 nitrogen and oxygen atoms in total. The molecule has 0 unspecified atom stereocenters. The van der Waals surface area contributed by atoms with Crippen molar-refractivity contribution in [1.82, 2.24) is 14.5 Å². The summed E-state index contributed by atoms with van der Waals surface area (Å²) in [7, 11) is -3.63. The van der Waals surface area contributed by atoms with Crippen LogP contribution in [-0.4, -0.2) is 18.2 Å². The molecule has 0 radical (unpaired) electrons. The van der Waals surface area contributed by atoms with E-state index in [-0.39, 0.29) is 11.4 Å². The van der Waals surface area contributed by atoms with E-state index in [0.29, 0.717) is 18.0 Å². The highest BCUT2D eigenvalue weighted by Gasteiger charge is 2.20. The first-order chi connectivity index (χ1) is 11.0. The topological polar surface area (TPSA) is 77.1 Å². The fourth-order valence-electron chi connectivity index (χ4n) is 2.27. The summed E-state index contributed by atoms with van der Waals surface area (Å²) in [6.07, 6.45) is 3.06. The minimum absolute atomic E-state index is 0.110. The second-order valence-electron chi connectivity index (χ2n) is 5.17. The number of hydrogen-bond donors (Lipinski definition) is 1. The maximum absolute atomic E-state index is 12.4. The van der Waals surface area contributed by atoms with Crippen molar-refractivity contribution in [2.24, 2.45) is 0 Å². The lowest BCUT2D eigenvalue weighted by atomic mass is 10.2. The second-order valence-corrected chi connectivity index (χ2v) is 6.90. The molecule has 23 heavy (non-hydrogen) atoms. The van der Waals surface area contributed by atoms with Crippen LogP contribution in [0.15, 0.2) is 64.2 Å². The number of aryl methyl sites for hydroxylation is 1. The van der Waals surface area contributed by atoms with Gasteiger partial charge in [-0.2, -0.15) is 5.10 Å². The highest BCUT2D eigenvalue weighted by molar-refractivity contribution is 7.89. The highest BCUT2D eigenvalue weighted by atomic mass is 32.2. The average molecular weight is 331 g/mol. The third kappa shape index (κ3) is 3.69. The number of hydrogen-bond acceptors (Lipinski definition) is 4. The lowest BCUT2D eigenvalue weighted by Crippen LogP contribution is -2.23. The van der Waals surface area contributed by atoms with Crippen LogP contribution in [0.5, 0.6) is 0 Å². The van der Waals surface area contributed by atoms with Crippen LogP contribution in [-0.2, 0) is 23.1 Å². The molecule has 0 saturated heterocycles. The molecule has 0 aliphatic heterocycles. The van der Waals surface area contributed by atoms with Crippen molar-refractivity contribution >= 4 is 10.0 Å². The first kappa shape index (κ1) is 15.5. The Bertz CT molecular complexity index is 869. The Morgan fingerprint density at radius 3 is 2.65 bits per heavy atom. The normalized spacial score (nSPS) is 11.7. The van der Waals surface area contributed by atoms with Crippen molar-refractivity contribution in [1.29, 1.82) is 0 Å². The molecule has 0 aliphatic carbocycles. The van der Waals surface area contributed by atoms with Gasteiger partial charge in [-0.15, -0.1) is 0 Å². The van der Waals surface area contributed by atoms with Gasteiger partial charge in [0.05, 0.1) is 25.0 Å². The summed E-state index contributed by atoms with van der Waals surface area (Å²) in [6, 6.07) is 13.2. The fraction of sp³-hybridized carbons (Fsp3) is 0.188. The smallest absolute Gasteiger partial charge is 0.244 e. The van der Waals surface area contributed by atoms with E-state index in [1.807, 2.05) is 30.3 Å². The first-order valence-corrected chi connectivity index (χ1v) is 8.63. The molecule has 0 aliphatic rings. The number of aromatic nitrogens is 2. The van der Waals surface area contributed by atoms with Gasteiger partial charge in [0.2, 0.25) is 10.0 Å². The van der Waals surface area contributed by atoms with Crippen LogP contribution in [0.25, 0.3) is 0 Å². The maximum Gasteiger partial charge on any atom is 0.244 e. The van der Waals surface area contributed by atoms with E-state index in [4.69, 9.17) is 4.42 Å². The molecule has 2 heterocycles. The summed E-state index contributed by atoms with van der Waals surface area (Å²) in [4.78, 5) is 0.181. The quantitative estimate of drug-likeness (QED) is 0.752. The van der Waals surface area contributed by atoms with Crippen LogP contribution in [0, 0.1) is 6.92 Å². The number of rotatable bonds is 6. The Morgan fingerprint density at radius 1 is 1.17 bits per heavy atom. The summed E-state index contributed by atoms with van der Waals surface area (Å²) in [5.41, 5.74) is 1.52. The molecule has 0 amide bonds. The molecule has 2 aromatic heterocycles. The molecule has 1 aromatic carbocycles. The highest BCUT2D eigenvalue weighted by Crippen LogP contribution is 2.15. The molecule has 0 spiro atoms. The van der Waals surface area contributed by atoms with Crippen LogP contribution >= 0.6 is 0 Å². The van der Waals surface area contributed by atoms with Gasteiger partial charge in [0.1, 0.15) is 10.7 Å². The molecular formula is C16H17N3O3S. The third-order valence-corrected chi connectivity index (χ3v) is 4.90. The molecule has 0 bridgehead atoms. The number of furan rings is 1. The van der Waals surface area contributed by atoms with Crippen molar-refractivity contribution in [3.05, 3.63) is 71.9 Å².